The highest BCUT2D eigenvalue weighted by molar-refractivity contribution is 5.93. The Morgan fingerprint density at radius 2 is 1.82 bits per heavy atom. The number of aryl methyl sites for hydroxylation is 2. The lowest BCUT2D eigenvalue weighted by Gasteiger charge is -2.12. The number of carbonyl (C=O) groups is 1. The largest absolute Gasteiger partial charge is 0.325 e. The van der Waals surface area contributed by atoms with Crippen molar-refractivity contribution in [1.82, 2.24) is 0 Å². The van der Waals surface area contributed by atoms with Gasteiger partial charge in [-0.3, -0.25) is 4.79 Å². The van der Waals surface area contributed by atoms with Gasteiger partial charge < -0.3 is 5.32 Å². The van der Waals surface area contributed by atoms with E-state index in [1.54, 1.807) is 0 Å². The minimum absolute atomic E-state index is 0.0391. The van der Waals surface area contributed by atoms with Crippen molar-refractivity contribution in [3.63, 3.8) is 0 Å². The van der Waals surface area contributed by atoms with Crippen molar-refractivity contribution < 1.29 is 4.79 Å². The summed E-state index contributed by atoms with van der Waals surface area (Å²) in [6.07, 6.45) is 1.36. The fraction of sp³-hybridized carbons (Fsp3) is 0.250. The zero-order valence-corrected chi connectivity index (χ0v) is 13.4. The van der Waals surface area contributed by atoms with Gasteiger partial charge in [0.1, 0.15) is 0 Å². The molecule has 0 aromatic heterocycles. The first-order valence-corrected chi connectivity index (χ1v) is 7.58. The second-order valence-corrected chi connectivity index (χ2v) is 5.42. The standard InChI is InChI=1S/C20H21NO/c1-4-8-19(22)21-20-16(3)13-15(2)14-18(20)12-11-17-9-6-5-7-10-17/h5-7,9-10,13-14H,4,8H2,1-3H3,(H,21,22). The zero-order chi connectivity index (χ0) is 15.9. The number of anilines is 1. The zero-order valence-electron chi connectivity index (χ0n) is 13.4. The van der Waals surface area contributed by atoms with Crippen molar-refractivity contribution in [3.05, 3.63) is 64.7 Å². The third-order valence-corrected chi connectivity index (χ3v) is 3.34. The molecule has 0 aliphatic heterocycles. The number of hydrogen-bond donors (Lipinski definition) is 1. The SMILES string of the molecule is CCCC(=O)Nc1c(C)cc(C)cc1C#Cc1ccccc1. The molecule has 0 bridgehead atoms. The van der Waals surface area contributed by atoms with Gasteiger partial charge in [-0.15, -0.1) is 0 Å². The molecule has 2 nitrogen and oxygen atoms in total. The second-order valence-electron chi connectivity index (χ2n) is 5.42. The van der Waals surface area contributed by atoms with Crippen molar-refractivity contribution >= 4 is 11.6 Å². The summed E-state index contributed by atoms with van der Waals surface area (Å²) in [5, 5.41) is 3.00. The molecule has 2 aromatic carbocycles. The molecule has 0 spiro atoms. The summed E-state index contributed by atoms with van der Waals surface area (Å²) in [5.74, 6) is 6.39. The Hall–Kier alpha value is -2.53. The Morgan fingerprint density at radius 1 is 1.09 bits per heavy atom. The average molecular weight is 291 g/mol. The second kappa shape index (κ2) is 7.47. The van der Waals surface area contributed by atoms with Crippen molar-refractivity contribution in [1.29, 1.82) is 0 Å². The Bertz CT molecular complexity index is 721. The first-order valence-electron chi connectivity index (χ1n) is 7.58. The molecule has 2 aromatic rings. The fourth-order valence-corrected chi connectivity index (χ4v) is 2.32. The topological polar surface area (TPSA) is 29.1 Å². The molecule has 0 saturated carbocycles. The van der Waals surface area contributed by atoms with E-state index in [1.165, 1.54) is 0 Å². The van der Waals surface area contributed by atoms with Crippen LogP contribution in [0.2, 0.25) is 0 Å². The number of nitrogens with one attached hydrogen (secondary N) is 1. The molecule has 0 unspecified atom stereocenters. The maximum atomic E-state index is 11.9. The van der Waals surface area contributed by atoms with Gasteiger partial charge in [0.15, 0.2) is 0 Å². The highest BCUT2D eigenvalue weighted by Crippen LogP contribution is 2.22. The van der Waals surface area contributed by atoms with E-state index in [4.69, 9.17) is 0 Å². The molecule has 112 valence electrons. The molecule has 0 atom stereocenters. The van der Waals surface area contributed by atoms with Crippen LogP contribution in [0.25, 0.3) is 0 Å². The smallest absolute Gasteiger partial charge is 0.224 e. The quantitative estimate of drug-likeness (QED) is 0.832. The summed E-state index contributed by atoms with van der Waals surface area (Å²) in [6, 6.07) is 13.9. The van der Waals surface area contributed by atoms with E-state index < -0.39 is 0 Å². The van der Waals surface area contributed by atoms with E-state index in [2.05, 4.69) is 23.2 Å². The molecule has 0 fully saturated rings. The van der Waals surface area contributed by atoms with Gasteiger partial charge in [-0.2, -0.15) is 0 Å². The van der Waals surface area contributed by atoms with Gasteiger partial charge in [-0.1, -0.05) is 43.0 Å². The van der Waals surface area contributed by atoms with Crippen LogP contribution in [-0.4, -0.2) is 5.91 Å². The van der Waals surface area contributed by atoms with Gasteiger partial charge in [-0.25, -0.2) is 0 Å². The van der Waals surface area contributed by atoms with Crippen molar-refractivity contribution in [2.24, 2.45) is 0 Å². The van der Waals surface area contributed by atoms with Crippen LogP contribution in [0, 0.1) is 25.7 Å². The van der Waals surface area contributed by atoms with E-state index >= 15 is 0 Å². The average Bonchev–Trinajstić information content (AvgIpc) is 2.49. The van der Waals surface area contributed by atoms with E-state index in [1.807, 2.05) is 57.2 Å². The lowest BCUT2D eigenvalue weighted by molar-refractivity contribution is -0.116. The first kappa shape index (κ1) is 15.9. The molecule has 0 aliphatic rings. The normalized spacial score (nSPS) is 9.77. The van der Waals surface area contributed by atoms with Crippen LogP contribution < -0.4 is 5.32 Å². The molecule has 2 heteroatoms. The first-order chi connectivity index (χ1) is 10.6. The summed E-state index contributed by atoms with van der Waals surface area (Å²) in [4.78, 5) is 11.9. The van der Waals surface area contributed by atoms with Crippen LogP contribution >= 0.6 is 0 Å². The van der Waals surface area contributed by atoms with Crippen LogP contribution in [0.15, 0.2) is 42.5 Å². The Balaban J connectivity index is 2.37. The van der Waals surface area contributed by atoms with Crippen molar-refractivity contribution in [2.45, 2.75) is 33.6 Å². The molecule has 0 radical (unpaired) electrons. The van der Waals surface area contributed by atoms with E-state index in [9.17, 15) is 4.79 Å². The molecule has 0 heterocycles. The van der Waals surface area contributed by atoms with Crippen LogP contribution in [0.3, 0.4) is 0 Å². The highest BCUT2D eigenvalue weighted by atomic mass is 16.1. The van der Waals surface area contributed by atoms with Crippen LogP contribution in [-0.2, 0) is 4.79 Å². The van der Waals surface area contributed by atoms with Gasteiger partial charge in [0.25, 0.3) is 0 Å². The minimum atomic E-state index is 0.0391. The molecule has 0 saturated heterocycles. The Morgan fingerprint density at radius 3 is 2.50 bits per heavy atom. The van der Waals surface area contributed by atoms with Gasteiger partial charge in [0, 0.05) is 17.5 Å². The Labute approximate surface area is 132 Å². The Kier molecular flexibility index (Phi) is 5.38. The number of benzene rings is 2. The van der Waals surface area contributed by atoms with Gasteiger partial charge in [0.05, 0.1) is 5.69 Å². The predicted octanol–water partition coefficient (Wildman–Crippen LogP) is 4.44. The van der Waals surface area contributed by atoms with Crippen LogP contribution in [0.5, 0.6) is 0 Å². The molecular weight excluding hydrogens is 270 g/mol. The van der Waals surface area contributed by atoms with Gasteiger partial charge in [0.2, 0.25) is 5.91 Å². The van der Waals surface area contributed by atoms with E-state index in [-0.39, 0.29) is 5.91 Å². The summed E-state index contributed by atoms with van der Waals surface area (Å²) >= 11 is 0. The molecular formula is C20H21NO. The number of hydrogen-bond acceptors (Lipinski definition) is 1. The lowest BCUT2D eigenvalue weighted by atomic mass is 10.0. The van der Waals surface area contributed by atoms with Gasteiger partial charge >= 0.3 is 0 Å². The maximum absolute atomic E-state index is 11.9. The predicted molar refractivity (Wildman–Crippen MR) is 91.9 cm³/mol. The van der Waals surface area contributed by atoms with Crippen molar-refractivity contribution in [2.75, 3.05) is 5.32 Å². The van der Waals surface area contributed by atoms with E-state index in [0.717, 1.165) is 34.4 Å². The number of amides is 1. The summed E-state index contributed by atoms with van der Waals surface area (Å²) < 4.78 is 0. The highest BCUT2D eigenvalue weighted by Gasteiger charge is 2.09. The number of rotatable bonds is 3. The van der Waals surface area contributed by atoms with Crippen LogP contribution in [0.1, 0.15) is 42.0 Å². The van der Waals surface area contributed by atoms with Crippen molar-refractivity contribution in [3.8, 4) is 11.8 Å². The molecule has 1 N–H and O–H groups in total. The van der Waals surface area contributed by atoms with E-state index in [0.29, 0.717) is 6.42 Å². The summed E-state index contributed by atoms with van der Waals surface area (Å²) in [7, 11) is 0. The number of carbonyl (C=O) groups excluding carboxylic acids is 1. The molecule has 0 aliphatic carbocycles. The molecule has 1 amide bonds. The van der Waals surface area contributed by atoms with Crippen LogP contribution in [0.4, 0.5) is 5.69 Å². The maximum Gasteiger partial charge on any atom is 0.224 e. The minimum Gasteiger partial charge on any atom is -0.325 e. The molecule has 22 heavy (non-hydrogen) atoms. The van der Waals surface area contributed by atoms with Gasteiger partial charge in [-0.05, 0) is 49.6 Å². The third-order valence-electron chi connectivity index (χ3n) is 3.34. The third kappa shape index (κ3) is 4.23. The summed E-state index contributed by atoms with van der Waals surface area (Å²) in [6.45, 7) is 6.04. The lowest BCUT2D eigenvalue weighted by Crippen LogP contribution is -2.13. The summed E-state index contributed by atoms with van der Waals surface area (Å²) in [5.41, 5.74) is 4.84. The fourth-order valence-electron chi connectivity index (χ4n) is 2.32. The molecule has 2 rings (SSSR count). The monoisotopic (exact) mass is 291 g/mol.